The molecule has 1 atom stereocenters. The second-order valence-corrected chi connectivity index (χ2v) is 8.10. The molecule has 3 rings (SSSR count). The number of rotatable bonds is 4. The van der Waals surface area contributed by atoms with Gasteiger partial charge in [-0.25, -0.2) is 4.79 Å². The monoisotopic (exact) mass is 475 g/mol. The molecule has 33 heavy (non-hydrogen) atoms. The van der Waals surface area contributed by atoms with Crippen LogP contribution in [0.3, 0.4) is 0 Å². The predicted molar refractivity (Wildman–Crippen MR) is 109 cm³/mol. The van der Waals surface area contributed by atoms with Gasteiger partial charge >= 0.3 is 18.4 Å². The highest BCUT2D eigenvalue weighted by Crippen LogP contribution is 2.44. The summed E-state index contributed by atoms with van der Waals surface area (Å²) in [4.78, 5) is 17.6. The summed E-state index contributed by atoms with van der Waals surface area (Å²) in [6, 6.07) is 8.80. The number of carbonyl (C=O) groups is 1. The summed E-state index contributed by atoms with van der Waals surface area (Å²) in [6.07, 6.45) is -13.1. The van der Waals surface area contributed by atoms with Crippen LogP contribution in [-0.4, -0.2) is 64.0 Å². The van der Waals surface area contributed by atoms with Crippen molar-refractivity contribution in [3.8, 4) is 11.3 Å². The number of benzene rings is 1. The fourth-order valence-corrected chi connectivity index (χ4v) is 4.17. The highest BCUT2D eigenvalue weighted by molar-refractivity contribution is 5.66. The Balaban J connectivity index is 1.85. The molecule has 0 bridgehead atoms. The minimum absolute atomic E-state index is 0.00419. The molecule has 1 aromatic carbocycles. The van der Waals surface area contributed by atoms with Crippen molar-refractivity contribution in [2.24, 2.45) is 5.92 Å². The van der Waals surface area contributed by atoms with E-state index in [1.807, 2.05) is 31.2 Å². The quantitative estimate of drug-likeness (QED) is 0.613. The minimum atomic E-state index is -5.63. The van der Waals surface area contributed by atoms with Gasteiger partial charge in [0.05, 0.1) is 11.7 Å². The van der Waals surface area contributed by atoms with Gasteiger partial charge in [-0.3, -0.25) is 9.88 Å². The number of piperazine rings is 1. The van der Waals surface area contributed by atoms with E-state index in [-0.39, 0.29) is 18.0 Å². The molecule has 1 fully saturated rings. The first kappa shape index (κ1) is 24.8. The van der Waals surface area contributed by atoms with Gasteiger partial charge in [-0.05, 0) is 31.0 Å². The van der Waals surface area contributed by atoms with Gasteiger partial charge in [-0.1, -0.05) is 30.3 Å². The zero-order valence-electron chi connectivity index (χ0n) is 17.9. The lowest BCUT2D eigenvalue weighted by atomic mass is 9.94. The van der Waals surface area contributed by atoms with Gasteiger partial charge in [0.1, 0.15) is 0 Å². The molecule has 1 unspecified atom stereocenters. The molecule has 1 aromatic heterocycles. The van der Waals surface area contributed by atoms with Crippen molar-refractivity contribution in [2.45, 2.75) is 38.8 Å². The molecule has 1 aliphatic rings. The van der Waals surface area contributed by atoms with Crippen LogP contribution < -0.4 is 0 Å². The largest absolute Gasteiger partial charge is 0.465 e. The van der Waals surface area contributed by atoms with Crippen LogP contribution in [0.25, 0.3) is 11.3 Å². The summed E-state index contributed by atoms with van der Waals surface area (Å²) in [6.45, 7) is 2.55. The van der Waals surface area contributed by atoms with Crippen LogP contribution in [-0.2, 0) is 6.54 Å². The molecule has 0 spiro atoms. The maximum atomic E-state index is 13.3. The van der Waals surface area contributed by atoms with Gasteiger partial charge in [0.2, 0.25) is 0 Å². The molecule has 11 heteroatoms. The number of nitrogens with zero attached hydrogens (tertiary/aromatic N) is 3. The van der Waals surface area contributed by atoms with Crippen LogP contribution in [0.2, 0.25) is 0 Å². The van der Waals surface area contributed by atoms with Crippen LogP contribution in [0.4, 0.5) is 31.1 Å². The average molecular weight is 475 g/mol. The number of aryl methyl sites for hydroxylation is 2. The molecule has 0 saturated carbocycles. The third kappa shape index (κ3) is 5.58. The Morgan fingerprint density at radius 1 is 1.06 bits per heavy atom. The van der Waals surface area contributed by atoms with Gasteiger partial charge in [-0.2, -0.15) is 26.3 Å². The molecule has 2 heterocycles. The number of hydrogen-bond acceptors (Lipinski definition) is 3. The van der Waals surface area contributed by atoms with E-state index in [9.17, 15) is 36.2 Å². The number of alkyl halides is 6. The zero-order valence-corrected chi connectivity index (χ0v) is 17.9. The molecule has 180 valence electrons. The van der Waals surface area contributed by atoms with Crippen molar-refractivity contribution < 1.29 is 36.2 Å². The molecule has 1 N–H and O–H groups in total. The van der Waals surface area contributed by atoms with E-state index in [1.165, 1.54) is 4.90 Å². The smallest absolute Gasteiger partial charge is 0.407 e. The molecule has 5 nitrogen and oxygen atoms in total. The van der Waals surface area contributed by atoms with Crippen LogP contribution in [0, 0.1) is 19.8 Å². The van der Waals surface area contributed by atoms with E-state index in [1.54, 1.807) is 19.1 Å². The third-order valence-corrected chi connectivity index (χ3v) is 5.85. The normalized spacial score (nSPS) is 18.1. The first-order chi connectivity index (χ1) is 15.3. The second-order valence-electron chi connectivity index (χ2n) is 8.10. The number of aromatic nitrogens is 1. The fraction of sp³-hybridized carbons (Fsp3) is 0.455. The molecule has 1 amide bonds. The standard InChI is InChI=1S/C22H23F6N3O2/c1-13-5-3-4-6-16(13)17-8-7-15(14(2)29-17)11-30-9-10-31(20(32)33)18(12-30)19(21(23,24)25)22(26,27)28/h3-8,18-19H,9-12H2,1-2H3,(H,32,33). The summed E-state index contributed by atoms with van der Waals surface area (Å²) in [5.74, 6) is -3.77. The van der Waals surface area contributed by atoms with Gasteiger partial charge in [-0.15, -0.1) is 0 Å². The molecule has 0 aliphatic carbocycles. The summed E-state index contributed by atoms with van der Waals surface area (Å²) in [5.41, 5.74) is 3.87. The lowest BCUT2D eigenvalue weighted by Crippen LogP contribution is -2.62. The summed E-state index contributed by atoms with van der Waals surface area (Å²) in [5, 5.41) is 9.23. The van der Waals surface area contributed by atoms with Crippen LogP contribution in [0.5, 0.6) is 0 Å². The third-order valence-electron chi connectivity index (χ3n) is 5.85. The Bertz CT molecular complexity index is 994. The molecular formula is C22H23F6N3O2. The van der Waals surface area contributed by atoms with E-state index in [0.29, 0.717) is 17.0 Å². The lowest BCUT2D eigenvalue weighted by molar-refractivity contribution is -0.300. The molecular weight excluding hydrogens is 452 g/mol. The summed E-state index contributed by atoms with van der Waals surface area (Å²) in [7, 11) is 0. The fourth-order valence-electron chi connectivity index (χ4n) is 4.17. The SMILES string of the molecule is Cc1ccccc1-c1ccc(CN2CCN(C(=O)O)C(C(C(F)(F)F)C(F)(F)F)C2)c(C)n1. The van der Waals surface area contributed by atoms with E-state index in [4.69, 9.17) is 0 Å². The lowest BCUT2D eigenvalue weighted by Gasteiger charge is -2.44. The van der Waals surface area contributed by atoms with Gasteiger partial charge < -0.3 is 10.0 Å². The first-order valence-electron chi connectivity index (χ1n) is 10.2. The number of amides is 1. The Labute approximate surface area is 186 Å². The molecule has 1 aliphatic heterocycles. The van der Waals surface area contributed by atoms with E-state index in [2.05, 4.69) is 4.98 Å². The Kier molecular flexibility index (Phi) is 6.92. The Hall–Kier alpha value is -2.82. The highest BCUT2D eigenvalue weighted by Gasteiger charge is 2.62. The van der Waals surface area contributed by atoms with Gasteiger partial charge in [0, 0.05) is 37.4 Å². The van der Waals surface area contributed by atoms with Crippen molar-refractivity contribution in [2.75, 3.05) is 19.6 Å². The summed E-state index contributed by atoms with van der Waals surface area (Å²) >= 11 is 0. The van der Waals surface area contributed by atoms with Crippen molar-refractivity contribution in [3.63, 3.8) is 0 Å². The van der Waals surface area contributed by atoms with Crippen molar-refractivity contribution in [1.29, 1.82) is 0 Å². The number of hydrogen-bond donors (Lipinski definition) is 1. The minimum Gasteiger partial charge on any atom is -0.465 e. The molecule has 0 radical (unpaired) electrons. The first-order valence-corrected chi connectivity index (χ1v) is 10.2. The molecule has 2 aromatic rings. The molecule has 1 saturated heterocycles. The van der Waals surface area contributed by atoms with Crippen molar-refractivity contribution in [1.82, 2.24) is 14.8 Å². The summed E-state index contributed by atoms with van der Waals surface area (Å²) < 4.78 is 80.0. The Morgan fingerprint density at radius 2 is 1.70 bits per heavy atom. The number of carboxylic acid groups (broad SMARTS) is 1. The van der Waals surface area contributed by atoms with Crippen LogP contribution in [0.15, 0.2) is 36.4 Å². The van der Waals surface area contributed by atoms with Crippen LogP contribution >= 0.6 is 0 Å². The Morgan fingerprint density at radius 3 is 2.24 bits per heavy atom. The maximum Gasteiger partial charge on any atom is 0.407 e. The second kappa shape index (κ2) is 9.20. The van der Waals surface area contributed by atoms with Crippen molar-refractivity contribution in [3.05, 3.63) is 53.2 Å². The topological polar surface area (TPSA) is 56.7 Å². The maximum absolute atomic E-state index is 13.3. The van der Waals surface area contributed by atoms with Gasteiger partial charge in [0.15, 0.2) is 5.92 Å². The van der Waals surface area contributed by atoms with E-state index < -0.39 is 43.5 Å². The number of pyridine rings is 1. The van der Waals surface area contributed by atoms with E-state index in [0.717, 1.165) is 11.1 Å². The van der Waals surface area contributed by atoms with Gasteiger partial charge in [0.25, 0.3) is 0 Å². The van der Waals surface area contributed by atoms with Crippen LogP contribution in [0.1, 0.15) is 16.8 Å². The highest BCUT2D eigenvalue weighted by atomic mass is 19.4. The van der Waals surface area contributed by atoms with E-state index >= 15 is 0 Å². The predicted octanol–water partition coefficient (Wildman–Crippen LogP) is 5.27. The average Bonchev–Trinajstić information content (AvgIpc) is 2.68. The zero-order chi connectivity index (χ0) is 24.6. The van der Waals surface area contributed by atoms with Crippen molar-refractivity contribution >= 4 is 6.09 Å². The number of halogens is 6.